The maximum absolute atomic E-state index is 6.02. The molecule has 4 nitrogen and oxygen atoms in total. The molecule has 0 saturated carbocycles. The van der Waals surface area contributed by atoms with Gasteiger partial charge in [0.2, 0.25) is 0 Å². The second-order valence-electron chi connectivity index (χ2n) is 6.62. The summed E-state index contributed by atoms with van der Waals surface area (Å²) >= 11 is 6.02. The minimum Gasteiger partial charge on any atom is -0.384 e. The Balaban J connectivity index is 0.00000261. The first-order valence-electron chi connectivity index (χ1n) is 8.99. The van der Waals surface area contributed by atoms with Gasteiger partial charge in [0.1, 0.15) is 0 Å². The highest BCUT2D eigenvalue weighted by Crippen LogP contribution is 2.25. The van der Waals surface area contributed by atoms with Crippen LogP contribution in [-0.2, 0) is 11.3 Å². The van der Waals surface area contributed by atoms with Crippen LogP contribution < -0.4 is 5.32 Å². The number of benzene rings is 2. The predicted molar refractivity (Wildman–Crippen MR) is 124 cm³/mol. The fourth-order valence-corrected chi connectivity index (χ4v) is 3.61. The maximum atomic E-state index is 6.02. The number of guanidine groups is 1. The lowest BCUT2D eigenvalue weighted by molar-refractivity contribution is 0.157. The van der Waals surface area contributed by atoms with Crippen molar-refractivity contribution in [2.45, 2.75) is 13.0 Å². The van der Waals surface area contributed by atoms with Gasteiger partial charge in [0.05, 0.1) is 6.61 Å². The Morgan fingerprint density at radius 1 is 1.22 bits per heavy atom. The van der Waals surface area contributed by atoms with Gasteiger partial charge in [-0.1, -0.05) is 48.0 Å². The number of aliphatic imine (C=N–C) groups is 1. The molecule has 0 spiro atoms. The number of methoxy groups -OCH3 is 1. The summed E-state index contributed by atoms with van der Waals surface area (Å²) < 4.78 is 5.29. The van der Waals surface area contributed by atoms with Gasteiger partial charge in [-0.25, -0.2) is 0 Å². The molecule has 2 aromatic rings. The number of nitrogens with zero attached hydrogens (tertiary/aromatic N) is 2. The highest BCUT2D eigenvalue weighted by Gasteiger charge is 2.24. The molecule has 1 unspecified atom stereocenters. The second-order valence-corrected chi connectivity index (χ2v) is 7.06. The fourth-order valence-electron chi connectivity index (χ4n) is 3.49. The van der Waals surface area contributed by atoms with Crippen LogP contribution in [0.5, 0.6) is 0 Å². The van der Waals surface area contributed by atoms with Gasteiger partial charge in [-0.2, -0.15) is 0 Å². The lowest BCUT2D eigenvalue weighted by Crippen LogP contribution is -2.39. The number of rotatable bonds is 5. The van der Waals surface area contributed by atoms with E-state index in [4.69, 9.17) is 16.3 Å². The Morgan fingerprint density at radius 2 is 1.96 bits per heavy atom. The van der Waals surface area contributed by atoms with Crippen molar-refractivity contribution in [3.63, 3.8) is 0 Å². The molecular formula is C21H27ClIN3O. The van der Waals surface area contributed by atoms with Crippen molar-refractivity contribution in [1.82, 2.24) is 10.2 Å². The average Bonchev–Trinajstić information content (AvgIpc) is 3.12. The fraction of sp³-hybridized carbons (Fsp3) is 0.381. The molecule has 0 aromatic heterocycles. The molecule has 1 heterocycles. The quantitative estimate of drug-likeness (QED) is 0.369. The SMILES string of the molecule is CN=C(NCc1ccccc1-c1ccc(Cl)cc1)N1CCC(COC)C1.I. The molecule has 146 valence electrons. The smallest absolute Gasteiger partial charge is 0.193 e. The third-order valence-electron chi connectivity index (χ3n) is 4.81. The summed E-state index contributed by atoms with van der Waals surface area (Å²) in [7, 11) is 3.61. The number of likely N-dealkylation sites (tertiary alicyclic amines) is 1. The first-order valence-corrected chi connectivity index (χ1v) is 9.37. The van der Waals surface area contributed by atoms with Crippen molar-refractivity contribution in [3.05, 3.63) is 59.1 Å². The second kappa shape index (κ2) is 10.9. The number of halogens is 2. The van der Waals surface area contributed by atoms with Crippen molar-refractivity contribution in [2.75, 3.05) is 33.9 Å². The predicted octanol–water partition coefficient (Wildman–Crippen LogP) is 4.67. The van der Waals surface area contributed by atoms with Crippen LogP contribution in [0.4, 0.5) is 0 Å². The molecule has 0 radical (unpaired) electrons. The van der Waals surface area contributed by atoms with Crippen LogP contribution >= 0.6 is 35.6 Å². The zero-order valence-corrected chi connectivity index (χ0v) is 18.9. The van der Waals surface area contributed by atoms with Crippen LogP contribution in [0.15, 0.2) is 53.5 Å². The molecular weight excluding hydrogens is 473 g/mol. The van der Waals surface area contributed by atoms with Gasteiger partial charge in [-0.15, -0.1) is 24.0 Å². The molecule has 3 rings (SSSR count). The van der Waals surface area contributed by atoms with E-state index >= 15 is 0 Å². The van der Waals surface area contributed by atoms with Gasteiger partial charge in [0.15, 0.2) is 5.96 Å². The summed E-state index contributed by atoms with van der Waals surface area (Å²) in [6, 6.07) is 16.4. The highest BCUT2D eigenvalue weighted by atomic mass is 127. The first-order chi connectivity index (χ1) is 12.7. The van der Waals surface area contributed by atoms with Crippen LogP contribution in [0.3, 0.4) is 0 Å². The van der Waals surface area contributed by atoms with E-state index in [2.05, 4.69) is 51.6 Å². The Labute approximate surface area is 184 Å². The number of hydrogen-bond donors (Lipinski definition) is 1. The third-order valence-corrected chi connectivity index (χ3v) is 5.06. The van der Waals surface area contributed by atoms with Crippen LogP contribution in [-0.4, -0.2) is 44.7 Å². The third kappa shape index (κ3) is 5.83. The van der Waals surface area contributed by atoms with E-state index in [-0.39, 0.29) is 24.0 Å². The molecule has 1 N–H and O–H groups in total. The summed E-state index contributed by atoms with van der Waals surface area (Å²) in [5.74, 6) is 1.54. The zero-order chi connectivity index (χ0) is 18.4. The van der Waals surface area contributed by atoms with E-state index in [9.17, 15) is 0 Å². The first kappa shape index (κ1) is 22.0. The van der Waals surface area contributed by atoms with Crippen LogP contribution in [0, 0.1) is 5.92 Å². The Kier molecular flexibility index (Phi) is 8.86. The van der Waals surface area contributed by atoms with E-state index in [0.29, 0.717) is 5.92 Å². The Morgan fingerprint density at radius 3 is 2.67 bits per heavy atom. The van der Waals surface area contributed by atoms with E-state index < -0.39 is 0 Å². The van der Waals surface area contributed by atoms with Crippen molar-refractivity contribution < 1.29 is 4.74 Å². The molecule has 27 heavy (non-hydrogen) atoms. The lowest BCUT2D eigenvalue weighted by Gasteiger charge is -2.22. The molecule has 1 atom stereocenters. The van der Waals surface area contributed by atoms with Gasteiger partial charge in [0.25, 0.3) is 0 Å². The molecule has 6 heteroatoms. The van der Waals surface area contributed by atoms with Crippen molar-refractivity contribution in [2.24, 2.45) is 10.9 Å². The van der Waals surface area contributed by atoms with Crippen molar-refractivity contribution >= 4 is 41.5 Å². The van der Waals surface area contributed by atoms with Crippen LogP contribution in [0.1, 0.15) is 12.0 Å². The van der Waals surface area contributed by atoms with Gasteiger partial charge in [-0.3, -0.25) is 4.99 Å². The molecule has 1 aliphatic heterocycles. The summed E-state index contributed by atoms with van der Waals surface area (Å²) in [6.45, 7) is 3.56. The minimum atomic E-state index is 0. The van der Waals surface area contributed by atoms with Gasteiger partial charge < -0.3 is 15.0 Å². The number of nitrogens with one attached hydrogen (secondary N) is 1. The van der Waals surface area contributed by atoms with Crippen LogP contribution in [0.25, 0.3) is 11.1 Å². The van der Waals surface area contributed by atoms with E-state index in [1.807, 2.05) is 19.2 Å². The summed E-state index contributed by atoms with van der Waals surface area (Å²) in [4.78, 5) is 6.78. The molecule has 0 aliphatic carbocycles. The average molecular weight is 500 g/mol. The zero-order valence-electron chi connectivity index (χ0n) is 15.8. The van der Waals surface area contributed by atoms with E-state index in [0.717, 1.165) is 43.6 Å². The molecule has 1 fully saturated rings. The molecule has 0 bridgehead atoms. The van der Waals surface area contributed by atoms with Crippen LogP contribution in [0.2, 0.25) is 5.02 Å². The largest absolute Gasteiger partial charge is 0.384 e. The highest BCUT2D eigenvalue weighted by molar-refractivity contribution is 14.0. The van der Waals surface area contributed by atoms with Gasteiger partial charge in [-0.05, 0) is 35.2 Å². The van der Waals surface area contributed by atoms with E-state index in [1.165, 1.54) is 16.7 Å². The minimum absolute atomic E-state index is 0. The Bertz CT molecular complexity index is 751. The van der Waals surface area contributed by atoms with Gasteiger partial charge in [0, 0.05) is 44.7 Å². The molecule has 1 aliphatic rings. The topological polar surface area (TPSA) is 36.9 Å². The number of hydrogen-bond acceptors (Lipinski definition) is 2. The maximum Gasteiger partial charge on any atom is 0.193 e. The standard InChI is InChI=1S/C21H26ClN3O.HI/c1-23-21(25-12-11-16(14-25)15-26-2)24-13-18-5-3-4-6-20(18)17-7-9-19(22)10-8-17;/h3-10,16H,11-15H2,1-2H3,(H,23,24);1H. The normalized spacial score (nSPS) is 16.9. The summed E-state index contributed by atoms with van der Waals surface area (Å²) in [5.41, 5.74) is 3.62. The molecule has 0 amide bonds. The van der Waals surface area contributed by atoms with Crippen molar-refractivity contribution in [1.29, 1.82) is 0 Å². The molecule has 1 saturated heterocycles. The summed E-state index contributed by atoms with van der Waals surface area (Å²) in [6.07, 6.45) is 1.15. The lowest BCUT2D eigenvalue weighted by atomic mass is 10.00. The number of ether oxygens (including phenoxy) is 1. The van der Waals surface area contributed by atoms with Gasteiger partial charge >= 0.3 is 0 Å². The Hall–Kier alpha value is -1.31. The summed E-state index contributed by atoms with van der Waals surface area (Å²) in [5, 5.41) is 4.27. The van der Waals surface area contributed by atoms with Crippen molar-refractivity contribution in [3.8, 4) is 11.1 Å². The van der Waals surface area contributed by atoms with E-state index in [1.54, 1.807) is 7.11 Å². The monoisotopic (exact) mass is 499 g/mol. The molecule has 2 aromatic carbocycles.